The van der Waals surface area contributed by atoms with E-state index in [-0.39, 0.29) is 5.56 Å². The molecule has 1 heterocycles. The predicted octanol–water partition coefficient (Wildman–Crippen LogP) is 0.965. The molecule has 10 heteroatoms. The van der Waals surface area contributed by atoms with Crippen LogP contribution in [0.1, 0.15) is 44.0 Å². The van der Waals surface area contributed by atoms with Crippen LogP contribution < -0.4 is 25.6 Å². The first-order chi connectivity index (χ1) is 13.8. The molecule has 3 N–H and O–H groups in total. The van der Waals surface area contributed by atoms with Crippen molar-refractivity contribution in [1.82, 2.24) is 21.1 Å². The summed E-state index contributed by atoms with van der Waals surface area (Å²) in [5, 5.41) is 2.64. The topological polar surface area (TPSA) is 126 Å². The van der Waals surface area contributed by atoms with Gasteiger partial charge in [-0.05, 0) is 38.0 Å². The minimum absolute atomic E-state index is 0.233. The lowest BCUT2D eigenvalue weighted by molar-refractivity contribution is -0.135. The third kappa shape index (κ3) is 4.58. The van der Waals surface area contributed by atoms with Gasteiger partial charge >= 0.3 is 6.03 Å². The summed E-state index contributed by atoms with van der Waals surface area (Å²) in [5.41, 5.74) is 3.70. The van der Waals surface area contributed by atoms with E-state index in [1.54, 1.807) is 19.9 Å². The van der Waals surface area contributed by atoms with Gasteiger partial charge in [-0.15, -0.1) is 0 Å². The molecule has 0 bridgehead atoms. The summed E-state index contributed by atoms with van der Waals surface area (Å²) in [6.07, 6.45) is 0.838. The van der Waals surface area contributed by atoms with Crippen molar-refractivity contribution >= 4 is 23.8 Å². The van der Waals surface area contributed by atoms with Crippen LogP contribution in [-0.2, 0) is 9.59 Å². The number of urea groups is 1. The molecule has 1 aromatic rings. The molecule has 0 aliphatic carbocycles. The molecule has 1 saturated heterocycles. The highest BCUT2D eigenvalue weighted by Gasteiger charge is 2.49. The Kier molecular flexibility index (Phi) is 7.03. The monoisotopic (exact) mass is 406 g/mol. The fourth-order valence-electron chi connectivity index (χ4n) is 3.01. The van der Waals surface area contributed by atoms with E-state index >= 15 is 0 Å². The number of amides is 5. The number of methoxy groups -OCH3 is 1. The van der Waals surface area contributed by atoms with Gasteiger partial charge in [-0.1, -0.05) is 13.8 Å². The van der Waals surface area contributed by atoms with E-state index in [9.17, 15) is 19.2 Å². The summed E-state index contributed by atoms with van der Waals surface area (Å²) in [4.78, 5) is 49.8. The van der Waals surface area contributed by atoms with Crippen molar-refractivity contribution in [3.05, 3.63) is 23.8 Å². The van der Waals surface area contributed by atoms with Crippen LogP contribution in [0.15, 0.2) is 18.2 Å². The van der Waals surface area contributed by atoms with Crippen molar-refractivity contribution in [2.75, 3.05) is 20.3 Å². The van der Waals surface area contributed by atoms with Crippen molar-refractivity contribution in [2.24, 2.45) is 0 Å². The number of hydrogen-bond donors (Lipinski definition) is 3. The number of hydrogen-bond acceptors (Lipinski definition) is 6. The summed E-state index contributed by atoms with van der Waals surface area (Å²) in [7, 11) is 1.45. The Morgan fingerprint density at radius 2 is 1.79 bits per heavy atom. The number of nitrogens with one attached hydrogen (secondary N) is 3. The molecule has 10 nitrogen and oxygen atoms in total. The third-order valence-electron chi connectivity index (χ3n) is 4.80. The lowest BCUT2D eigenvalue weighted by Crippen LogP contribution is -2.49. The molecule has 1 fully saturated rings. The largest absolute Gasteiger partial charge is 0.493 e. The normalized spacial score (nSPS) is 15.0. The average molecular weight is 406 g/mol. The molecule has 0 aromatic heterocycles. The van der Waals surface area contributed by atoms with Crippen LogP contribution in [0.25, 0.3) is 0 Å². The number of benzene rings is 1. The molecule has 29 heavy (non-hydrogen) atoms. The number of nitrogens with zero attached hydrogens (tertiary/aromatic N) is 1. The van der Waals surface area contributed by atoms with Gasteiger partial charge in [0.05, 0.1) is 13.7 Å². The number of hydrazine groups is 1. The molecule has 0 saturated carbocycles. The molecular weight excluding hydrogens is 380 g/mol. The summed E-state index contributed by atoms with van der Waals surface area (Å²) in [6.45, 7) is 5.34. The first-order valence-electron chi connectivity index (χ1n) is 9.36. The molecule has 2 rings (SSSR count). The van der Waals surface area contributed by atoms with Crippen LogP contribution in [0.2, 0.25) is 0 Å². The smallest absolute Gasteiger partial charge is 0.325 e. The summed E-state index contributed by atoms with van der Waals surface area (Å²) in [6, 6.07) is 3.95. The van der Waals surface area contributed by atoms with Crippen LogP contribution >= 0.6 is 0 Å². The Morgan fingerprint density at radius 3 is 2.34 bits per heavy atom. The summed E-state index contributed by atoms with van der Waals surface area (Å²) < 4.78 is 10.6. The first-order valence-corrected chi connectivity index (χ1v) is 9.36. The molecule has 0 unspecified atom stereocenters. The first kappa shape index (κ1) is 22.0. The lowest BCUT2D eigenvalue weighted by Gasteiger charge is -2.23. The molecule has 0 radical (unpaired) electrons. The predicted molar refractivity (Wildman–Crippen MR) is 103 cm³/mol. The number of imide groups is 1. The van der Waals surface area contributed by atoms with Gasteiger partial charge in [0.1, 0.15) is 12.1 Å². The van der Waals surface area contributed by atoms with E-state index in [1.165, 1.54) is 19.2 Å². The highest BCUT2D eigenvalue weighted by Crippen LogP contribution is 2.28. The second kappa shape index (κ2) is 9.26. The highest BCUT2D eigenvalue weighted by atomic mass is 16.5. The maximum Gasteiger partial charge on any atom is 0.325 e. The Morgan fingerprint density at radius 1 is 1.10 bits per heavy atom. The van der Waals surface area contributed by atoms with Crippen LogP contribution in [0.4, 0.5) is 4.79 Å². The lowest BCUT2D eigenvalue weighted by atomic mass is 9.93. The average Bonchev–Trinajstić information content (AvgIpc) is 2.97. The van der Waals surface area contributed by atoms with Gasteiger partial charge in [-0.2, -0.15) is 0 Å². The van der Waals surface area contributed by atoms with Crippen LogP contribution in [-0.4, -0.2) is 54.5 Å². The number of carbonyl (C=O) groups is 4. The van der Waals surface area contributed by atoms with Gasteiger partial charge in [0.25, 0.3) is 17.7 Å². The van der Waals surface area contributed by atoms with Gasteiger partial charge in [-0.3, -0.25) is 30.1 Å². The van der Waals surface area contributed by atoms with Crippen molar-refractivity contribution in [2.45, 2.75) is 39.2 Å². The van der Waals surface area contributed by atoms with Crippen molar-refractivity contribution in [3.8, 4) is 11.5 Å². The Bertz CT molecular complexity index is 806. The Labute approximate surface area is 168 Å². The van der Waals surface area contributed by atoms with Crippen molar-refractivity contribution < 1.29 is 28.7 Å². The standard InChI is InChI=1S/C19H26N4O6/c1-5-19(6-2)17(26)23(18(27)20-19)11-15(24)21-22-16(25)12-8-9-13(29-7-3)14(10-12)28-4/h8-10H,5-7,11H2,1-4H3,(H,20,27)(H,21,24)(H,22,25). The van der Waals surface area contributed by atoms with Crippen LogP contribution in [0.3, 0.4) is 0 Å². The van der Waals surface area contributed by atoms with E-state index in [4.69, 9.17) is 9.47 Å². The highest BCUT2D eigenvalue weighted by molar-refractivity contribution is 6.09. The van der Waals surface area contributed by atoms with Crippen LogP contribution in [0, 0.1) is 0 Å². The Balaban J connectivity index is 1.96. The zero-order chi connectivity index (χ0) is 21.6. The molecule has 158 valence electrons. The number of rotatable bonds is 8. The van der Waals surface area contributed by atoms with E-state index in [0.29, 0.717) is 30.9 Å². The third-order valence-corrected chi connectivity index (χ3v) is 4.80. The molecular formula is C19H26N4O6. The zero-order valence-corrected chi connectivity index (χ0v) is 17.0. The van der Waals surface area contributed by atoms with Gasteiger partial charge in [0, 0.05) is 5.56 Å². The van der Waals surface area contributed by atoms with Gasteiger partial charge in [-0.25, -0.2) is 4.79 Å². The minimum Gasteiger partial charge on any atom is -0.493 e. The van der Waals surface area contributed by atoms with E-state index < -0.39 is 35.8 Å². The molecule has 0 atom stereocenters. The second-order valence-electron chi connectivity index (χ2n) is 6.41. The van der Waals surface area contributed by atoms with Crippen molar-refractivity contribution in [1.29, 1.82) is 0 Å². The van der Waals surface area contributed by atoms with E-state index in [2.05, 4.69) is 16.2 Å². The van der Waals surface area contributed by atoms with Gasteiger partial charge < -0.3 is 14.8 Å². The fourth-order valence-corrected chi connectivity index (χ4v) is 3.01. The van der Waals surface area contributed by atoms with E-state index in [0.717, 1.165) is 4.90 Å². The van der Waals surface area contributed by atoms with Gasteiger partial charge in [0.15, 0.2) is 11.5 Å². The number of ether oxygens (including phenoxy) is 2. The van der Waals surface area contributed by atoms with Gasteiger partial charge in [0.2, 0.25) is 0 Å². The molecule has 0 spiro atoms. The Hall–Kier alpha value is -3.30. The maximum absolute atomic E-state index is 12.5. The minimum atomic E-state index is -0.987. The maximum atomic E-state index is 12.5. The van der Waals surface area contributed by atoms with Crippen LogP contribution in [0.5, 0.6) is 11.5 Å². The molecule has 1 aliphatic rings. The zero-order valence-electron chi connectivity index (χ0n) is 17.0. The number of carbonyl (C=O) groups excluding carboxylic acids is 4. The van der Waals surface area contributed by atoms with E-state index in [1.807, 2.05) is 6.92 Å². The fraction of sp³-hybridized carbons (Fsp3) is 0.474. The molecule has 1 aliphatic heterocycles. The summed E-state index contributed by atoms with van der Waals surface area (Å²) >= 11 is 0. The summed E-state index contributed by atoms with van der Waals surface area (Å²) in [5.74, 6) is -0.883. The molecule has 5 amide bonds. The SMILES string of the molecule is CCOc1ccc(C(=O)NNC(=O)CN2C(=O)NC(CC)(CC)C2=O)cc1OC. The quantitative estimate of drug-likeness (QED) is 0.436. The second-order valence-corrected chi connectivity index (χ2v) is 6.41. The molecule has 1 aromatic carbocycles. The van der Waals surface area contributed by atoms with Crippen molar-refractivity contribution in [3.63, 3.8) is 0 Å².